The van der Waals surface area contributed by atoms with Crippen molar-refractivity contribution in [2.45, 2.75) is 45.8 Å². The number of ether oxygens (including phenoxy) is 1. The van der Waals surface area contributed by atoms with Crippen LogP contribution in [0.3, 0.4) is 0 Å². The molecule has 2 atom stereocenters. The van der Waals surface area contributed by atoms with Crippen LogP contribution in [0.25, 0.3) is 0 Å². The van der Waals surface area contributed by atoms with Gasteiger partial charge in [-0.05, 0) is 51.8 Å². The van der Waals surface area contributed by atoms with Gasteiger partial charge in [-0.3, -0.25) is 9.59 Å². The van der Waals surface area contributed by atoms with Crippen molar-refractivity contribution in [3.05, 3.63) is 35.6 Å². The summed E-state index contributed by atoms with van der Waals surface area (Å²) in [6, 6.07) is 4.90. The number of likely N-dealkylation sites (tertiary alicyclic amines) is 1. The van der Waals surface area contributed by atoms with Gasteiger partial charge in [0.15, 0.2) is 0 Å². The van der Waals surface area contributed by atoms with Crippen LogP contribution >= 0.6 is 0 Å². The highest BCUT2D eigenvalue weighted by Crippen LogP contribution is 2.38. The molecule has 2 rings (SSSR count). The van der Waals surface area contributed by atoms with Gasteiger partial charge in [-0.1, -0.05) is 12.1 Å². The molecule has 1 unspecified atom stereocenters. The van der Waals surface area contributed by atoms with Crippen molar-refractivity contribution in [2.24, 2.45) is 5.92 Å². The first-order chi connectivity index (χ1) is 10.6. The molecule has 0 aromatic heterocycles. The van der Waals surface area contributed by atoms with Crippen LogP contribution in [0.15, 0.2) is 24.3 Å². The lowest BCUT2D eigenvalue weighted by molar-refractivity contribution is -0.135. The molecule has 0 bridgehead atoms. The summed E-state index contributed by atoms with van der Waals surface area (Å²) < 4.78 is 18.4. The second kappa shape index (κ2) is 6.10. The number of amides is 2. The number of ketones is 1. The molecule has 1 saturated heterocycles. The number of nitrogens with zero attached hydrogens (tertiary/aromatic N) is 1. The maximum absolute atomic E-state index is 13.1. The van der Waals surface area contributed by atoms with Crippen LogP contribution < -0.4 is 0 Å². The summed E-state index contributed by atoms with van der Waals surface area (Å²) in [7, 11) is 0. The van der Waals surface area contributed by atoms with E-state index in [2.05, 4.69) is 0 Å². The van der Waals surface area contributed by atoms with Gasteiger partial charge in [0.2, 0.25) is 5.91 Å². The fourth-order valence-electron chi connectivity index (χ4n) is 2.59. The number of hydrogen-bond acceptors (Lipinski definition) is 4. The highest BCUT2D eigenvalue weighted by molar-refractivity contribution is 6.07. The van der Waals surface area contributed by atoms with Crippen molar-refractivity contribution in [1.82, 2.24) is 4.90 Å². The summed E-state index contributed by atoms with van der Waals surface area (Å²) in [5.74, 6) is -2.16. The van der Waals surface area contributed by atoms with Crippen LogP contribution in [0.5, 0.6) is 0 Å². The average Bonchev–Trinajstić information content (AvgIpc) is 2.75. The Morgan fingerprint density at radius 2 is 1.78 bits per heavy atom. The van der Waals surface area contributed by atoms with Crippen molar-refractivity contribution in [3.8, 4) is 0 Å². The number of rotatable bonds is 2. The summed E-state index contributed by atoms with van der Waals surface area (Å²) in [6.07, 6.45) is -0.612. The lowest BCUT2D eigenvalue weighted by Gasteiger charge is -2.27. The molecule has 1 aromatic rings. The fraction of sp³-hybridized carbons (Fsp3) is 0.471. The van der Waals surface area contributed by atoms with E-state index in [9.17, 15) is 18.8 Å². The molecule has 0 N–H and O–H groups in total. The number of carbonyl (C=O) groups excluding carboxylic acids is 3. The molecule has 6 heteroatoms. The van der Waals surface area contributed by atoms with Gasteiger partial charge in [-0.25, -0.2) is 14.1 Å². The zero-order chi connectivity index (χ0) is 17.4. The lowest BCUT2D eigenvalue weighted by atomic mass is 9.97. The van der Waals surface area contributed by atoms with Crippen molar-refractivity contribution in [3.63, 3.8) is 0 Å². The van der Waals surface area contributed by atoms with Crippen LogP contribution in [0.2, 0.25) is 0 Å². The SMILES string of the molecule is CC(=O)C1C[C@@H](c2ccc(F)cc2)N(C(=O)OC(C)(C)C)C1=O. The highest BCUT2D eigenvalue weighted by Gasteiger charge is 2.47. The first-order valence-corrected chi connectivity index (χ1v) is 7.42. The predicted octanol–water partition coefficient (Wildman–Crippen LogP) is 3.24. The molecule has 124 valence electrons. The van der Waals surface area contributed by atoms with E-state index in [-0.39, 0.29) is 12.2 Å². The van der Waals surface area contributed by atoms with Gasteiger partial charge in [0.25, 0.3) is 0 Å². The Kier molecular flexibility index (Phi) is 4.54. The van der Waals surface area contributed by atoms with Crippen LogP contribution in [-0.2, 0) is 14.3 Å². The third kappa shape index (κ3) is 3.75. The molecule has 1 aliphatic heterocycles. The van der Waals surface area contributed by atoms with Crippen LogP contribution in [-0.4, -0.2) is 28.3 Å². The van der Waals surface area contributed by atoms with E-state index < -0.39 is 35.4 Å². The normalized spacial score (nSPS) is 21.4. The molecule has 2 amide bonds. The minimum atomic E-state index is -0.877. The number of carbonyl (C=O) groups is 3. The lowest BCUT2D eigenvalue weighted by Crippen LogP contribution is -2.40. The van der Waals surface area contributed by atoms with Crippen molar-refractivity contribution < 1.29 is 23.5 Å². The van der Waals surface area contributed by atoms with Gasteiger partial charge in [-0.2, -0.15) is 0 Å². The van der Waals surface area contributed by atoms with Gasteiger partial charge in [0.1, 0.15) is 17.2 Å². The molecular formula is C17H20FNO4. The minimum Gasteiger partial charge on any atom is -0.443 e. The van der Waals surface area contributed by atoms with Crippen molar-refractivity contribution in [2.75, 3.05) is 0 Å². The van der Waals surface area contributed by atoms with E-state index >= 15 is 0 Å². The Hall–Kier alpha value is -2.24. The summed E-state index contributed by atoms with van der Waals surface area (Å²) in [6.45, 7) is 6.41. The summed E-state index contributed by atoms with van der Waals surface area (Å²) in [5.41, 5.74) is -0.173. The van der Waals surface area contributed by atoms with Gasteiger partial charge < -0.3 is 4.74 Å². The Balaban J connectivity index is 2.36. The van der Waals surface area contributed by atoms with E-state index in [4.69, 9.17) is 4.74 Å². The average molecular weight is 321 g/mol. The smallest absolute Gasteiger partial charge is 0.417 e. The quantitative estimate of drug-likeness (QED) is 0.785. The molecule has 0 saturated carbocycles. The topological polar surface area (TPSA) is 63.7 Å². The summed E-state index contributed by atoms with van der Waals surface area (Å²) in [4.78, 5) is 37.5. The zero-order valence-corrected chi connectivity index (χ0v) is 13.6. The van der Waals surface area contributed by atoms with Gasteiger partial charge in [0.05, 0.1) is 12.0 Å². The standard InChI is InChI=1S/C17H20FNO4/c1-10(20)13-9-14(11-5-7-12(18)8-6-11)19(15(13)21)16(22)23-17(2,3)4/h5-8,13-14H,9H2,1-4H3/t13?,14-/m0/s1. The number of imide groups is 1. The zero-order valence-electron chi connectivity index (χ0n) is 13.6. The van der Waals surface area contributed by atoms with E-state index in [0.717, 1.165) is 4.90 Å². The number of halogens is 1. The Morgan fingerprint density at radius 1 is 1.22 bits per heavy atom. The van der Waals surface area contributed by atoms with Gasteiger partial charge >= 0.3 is 6.09 Å². The van der Waals surface area contributed by atoms with Crippen LogP contribution in [0.1, 0.15) is 45.7 Å². The third-order valence-corrected chi connectivity index (χ3v) is 3.64. The molecule has 1 heterocycles. The Morgan fingerprint density at radius 3 is 2.26 bits per heavy atom. The summed E-state index contributed by atoms with van der Waals surface area (Å²) in [5, 5.41) is 0. The molecular weight excluding hydrogens is 301 g/mol. The molecule has 1 aromatic carbocycles. The molecule has 0 aliphatic carbocycles. The fourth-order valence-corrected chi connectivity index (χ4v) is 2.59. The molecule has 0 spiro atoms. The van der Waals surface area contributed by atoms with E-state index in [1.54, 1.807) is 20.8 Å². The maximum Gasteiger partial charge on any atom is 0.417 e. The molecule has 23 heavy (non-hydrogen) atoms. The third-order valence-electron chi connectivity index (χ3n) is 3.64. The van der Waals surface area contributed by atoms with Crippen LogP contribution in [0.4, 0.5) is 9.18 Å². The van der Waals surface area contributed by atoms with Crippen molar-refractivity contribution >= 4 is 17.8 Å². The Bertz CT molecular complexity index is 633. The first-order valence-electron chi connectivity index (χ1n) is 7.42. The highest BCUT2D eigenvalue weighted by atomic mass is 19.1. The van der Waals surface area contributed by atoms with Crippen molar-refractivity contribution in [1.29, 1.82) is 0 Å². The molecule has 1 aliphatic rings. The molecule has 1 fully saturated rings. The number of hydrogen-bond donors (Lipinski definition) is 0. The maximum atomic E-state index is 13.1. The second-order valence-corrected chi connectivity index (χ2v) is 6.65. The van der Waals surface area contributed by atoms with Crippen LogP contribution in [0, 0.1) is 11.7 Å². The molecule has 0 radical (unpaired) electrons. The van der Waals surface area contributed by atoms with E-state index in [0.29, 0.717) is 5.56 Å². The second-order valence-electron chi connectivity index (χ2n) is 6.65. The largest absolute Gasteiger partial charge is 0.443 e. The van der Waals surface area contributed by atoms with E-state index in [1.807, 2.05) is 0 Å². The predicted molar refractivity (Wildman–Crippen MR) is 81.0 cm³/mol. The minimum absolute atomic E-state index is 0.180. The number of benzene rings is 1. The monoisotopic (exact) mass is 321 g/mol. The summed E-state index contributed by atoms with van der Waals surface area (Å²) >= 11 is 0. The van der Waals surface area contributed by atoms with E-state index in [1.165, 1.54) is 31.2 Å². The molecule has 5 nitrogen and oxygen atoms in total. The van der Waals surface area contributed by atoms with Gasteiger partial charge in [0, 0.05) is 0 Å². The Labute approximate surface area is 134 Å². The van der Waals surface area contributed by atoms with Gasteiger partial charge in [-0.15, -0.1) is 0 Å². The first kappa shape index (κ1) is 17.1. The number of Topliss-reactive ketones (excluding diaryl/α,β-unsaturated/α-hetero) is 1.